The summed E-state index contributed by atoms with van der Waals surface area (Å²) < 4.78 is 16.3. The molecular formula is C28H29ClN2O7. The average Bonchev–Trinajstić information content (AvgIpc) is 2.86. The van der Waals surface area contributed by atoms with Gasteiger partial charge in [0.1, 0.15) is 0 Å². The van der Waals surface area contributed by atoms with Gasteiger partial charge in [-0.2, -0.15) is 0 Å². The van der Waals surface area contributed by atoms with Gasteiger partial charge in [0.15, 0.2) is 17.3 Å². The van der Waals surface area contributed by atoms with E-state index in [1.54, 1.807) is 41.1 Å². The van der Waals surface area contributed by atoms with Gasteiger partial charge in [-0.3, -0.25) is 14.9 Å². The molecule has 2 aromatic carbocycles. The Hall–Kier alpha value is -3.85. The monoisotopic (exact) mass is 540 g/mol. The van der Waals surface area contributed by atoms with E-state index in [1.165, 1.54) is 18.2 Å². The average molecular weight is 541 g/mol. The van der Waals surface area contributed by atoms with Gasteiger partial charge in [-0.25, -0.2) is 4.79 Å². The molecule has 1 heterocycles. The van der Waals surface area contributed by atoms with Gasteiger partial charge < -0.3 is 19.5 Å². The van der Waals surface area contributed by atoms with E-state index < -0.39 is 22.9 Å². The molecule has 2 aliphatic rings. The number of hydrogen-bond donors (Lipinski definition) is 1. The summed E-state index contributed by atoms with van der Waals surface area (Å²) in [5, 5.41) is 15.0. The van der Waals surface area contributed by atoms with Crippen molar-refractivity contribution in [2.45, 2.75) is 51.6 Å². The molecule has 0 radical (unpaired) electrons. The highest BCUT2D eigenvalue weighted by molar-refractivity contribution is 6.31. The number of dihydropyridines is 1. The zero-order chi connectivity index (χ0) is 27.7. The van der Waals surface area contributed by atoms with Gasteiger partial charge in [0.25, 0.3) is 5.69 Å². The van der Waals surface area contributed by atoms with Crippen molar-refractivity contribution in [2.75, 3.05) is 14.2 Å². The number of carbonyl (C=O) groups is 2. The number of hydrogen-bond acceptors (Lipinski definition) is 8. The smallest absolute Gasteiger partial charge is 0.337 e. The Labute approximate surface area is 225 Å². The van der Waals surface area contributed by atoms with Crippen LogP contribution in [0.1, 0.15) is 56.6 Å². The quantitative estimate of drug-likeness (QED) is 0.275. The van der Waals surface area contributed by atoms with Crippen molar-refractivity contribution in [1.29, 1.82) is 0 Å². The summed E-state index contributed by atoms with van der Waals surface area (Å²) in [7, 11) is 3.11. The Balaban J connectivity index is 1.84. The van der Waals surface area contributed by atoms with E-state index in [9.17, 15) is 19.7 Å². The summed E-state index contributed by atoms with van der Waals surface area (Å²) in [5.74, 6) is -0.727. The van der Waals surface area contributed by atoms with Crippen molar-refractivity contribution >= 4 is 29.0 Å². The molecule has 0 aromatic heterocycles. The van der Waals surface area contributed by atoms with Crippen LogP contribution in [0, 0.1) is 10.1 Å². The molecule has 0 unspecified atom stereocenters. The van der Waals surface area contributed by atoms with E-state index in [2.05, 4.69) is 5.32 Å². The second-order valence-electron chi connectivity index (χ2n) is 9.55. The van der Waals surface area contributed by atoms with Gasteiger partial charge in [-0.05, 0) is 62.4 Å². The number of allylic oxidation sites excluding steroid dienone is 3. The fourth-order valence-corrected chi connectivity index (χ4v) is 5.33. The Kier molecular flexibility index (Phi) is 7.78. The first-order valence-corrected chi connectivity index (χ1v) is 12.5. The highest BCUT2D eigenvalue weighted by Crippen LogP contribution is 2.48. The van der Waals surface area contributed by atoms with Gasteiger partial charge in [0.05, 0.1) is 30.8 Å². The Morgan fingerprint density at radius 2 is 1.82 bits per heavy atom. The largest absolute Gasteiger partial charge is 0.493 e. The van der Waals surface area contributed by atoms with Crippen molar-refractivity contribution in [2.24, 2.45) is 0 Å². The SMILES string of the molecule is COc1ccc([C@@H]2CC(=O)C3=C(C2)NC(C)=C(C(=O)OC(C)C)[C@H]3c2cc([N+](=O)[O-])ccc2Cl)cc1OC. The predicted octanol–water partition coefficient (Wildman–Crippen LogP) is 5.58. The van der Waals surface area contributed by atoms with E-state index in [0.717, 1.165) is 5.56 Å². The van der Waals surface area contributed by atoms with Crippen LogP contribution in [0.3, 0.4) is 0 Å². The molecule has 0 fully saturated rings. The minimum atomic E-state index is -0.913. The lowest BCUT2D eigenvalue weighted by Gasteiger charge is -2.37. The number of nitrogens with one attached hydrogen (secondary N) is 1. The lowest BCUT2D eigenvalue weighted by Crippen LogP contribution is -2.36. The number of benzene rings is 2. The fourth-order valence-electron chi connectivity index (χ4n) is 5.11. The molecule has 200 valence electrons. The predicted molar refractivity (Wildman–Crippen MR) is 141 cm³/mol. The van der Waals surface area contributed by atoms with Gasteiger partial charge in [-0.1, -0.05) is 17.7 Å². The van der Waals surface area contributed by atoms with Crippen molar-refractivity contribution in [3.05, 3.63) is 85.2 Å². The van der Waals surface area contributed by atoms with Crippen LogP contribution in [0.5, 0.6) is 11.5 Å². The maximum Gasteiger partial charge on any atom is 0.337 e. The number of nitro groups is 1. The molecule has 1 N–H and O–H groups in total. The third-order valence-electron chi connectivity index (χ3n) is 6.77. The number of Topliss-reactive ketones (excluding diaryl/α,β-unsaturated/α-hetero) is 1. The highest BCUT2D eigenvalue weighted by Gasteiger charge is 2.42. The van der Waals surface area contributed by atoms with E-state index in [1.807, 2.05) is 12.1 Å². The Bertz CT molecular complexity index is 1380. The third kappa shape index (κ3) is 5.11. The van der Waals surface area contributed by atoms with Crippen LogP contribution < -0.4 is 14.8 Å². The van der Waals surface area contributed by atoms with Crippen LogP contribution in [0.15, 0.2) is 58.9 Å². The first-order chi connectivity index (χ1) is 18.0. The van der Waals surface area contributed by atoms with E-state index in [-0.39, 0.29) is 34.4 Å². The molecule has 0 saturated heterocycles. The first kappa shape index (κ1) is 27.2. The molecule has 0 bridgehead atoms. The summed E-state index contributed by atoms with van der Waals surface area (Å²) >= 11 is 6.55. The van der Waals surface area contributed by atoms with Gasteiger partial charge in [0.2, 0.25) is 0 Å². The lowest BCUT2D eigenvalue weighted by molar-refractivity contribution is -0.384. The number of ketones is 1. The molecule has 0 spiro atoms. The summed E-state index contributed by atoms with van der Waals surface area (Å²) in [5.41, 5.74) is 2.74. The molecule has 0 saturated carbocycles. The van der Waals surface area contributed by atoms with E-state index >= 15 is 0 Å². The standard InChI is InChI=1S/C28H29ClN2O7/c1-14(2)38-28(33)25-15(3)30-21-10-17(16-6-9-23(36-4)24(12-16)37-5)11-22(32)27(21)26(25)19-13-18(31(34)35)7-8-20(19)29/h6-9,12-14,17,26,30H,10-11H2,1-5H3/t17-,26+/m0/s1. The summed E-state index contributed by atoms with van der Waals surface area (Å²) in [6.45, 7) is 5.18. The van der Waals surface area contributed by atoms with E-state index in [0.29, 0.717) is 40.5 Å². The van der Waals surface area contributed by atoms with Crippen molar-refractivity contribution in [3.63, 3.8) is 0 Å². The second-order valence-corrected chi connectivity index (χ2v) is 9.96. The molecule has 4 rings (SSSR count). The van der Waals surface area contributed by atoms with Crippen LogP contribution >= 0.6 is 11.6 Å². The highest BCUT2D eigenvalue weighted by atomic mass is 35.5. The molecular weight excluding hydrogens is 512 g/mol. The van der Waals surface area contributed by atoms with Crippen molar-refractivity contribution < 1.29 is 28.7 Å². The number of nitro benzene ring substituents is 1. The number of rotatable bonds is 7. The second kappa shape index (κ2) is 10.9. The zero-order valence-corrected chi connectivity index (χ0v) is 22.5. The van der Waals surface area contributed by atoms with Crippen LogP contribution in [-0.4, -0.2) is 37.0 Å². The number of halogens is 1. The minimum Gasteiger partial charge on any atom is -0.493 e. The lowest BCUT2D eigenvalue weighted by atomic mass is 9.71. The first-order valence-electron chi connectivity index (χ1n) is 12.2. The third-order valence-corrected chi connectivity index (χ3v) is 7.11. The van der Waals surface area contributed by atoms with Gasteiger partial charge >= 0.3 is 5.97 Å². The molecule has 10 heteroatoms. The van der Waals surface area contributed by atoms with Gasteiger partial charge in [-0.15, -0.1) is 0 Å². The Morgan fingerprint density at radius 3 is 2.45 bits per heavy atom. The molecule has 1 aliphatic carbocycles. The molecule has 2 aromatic rings. The summed E-state index contributed by atoms with van der Waals surface area (Å²) in [6.07, 6.45) is 0.240. The molecule has 0 amide bonds. The molecule has 38 heavy (non-hydrogen) atoms. The van der Waals surface area contributed by atoms with E-state index in [4.69, 9.17) is 25.8 Å². The van der Waals surface area contributed by atoms with Gasteiger partial charge in [0, 0.05) is 46.5 Å². The molecule has 1 aliphatic heterocycles. The number of non-ortho nitro benzene ring substituents is 1. The van der Waals surface area contributed by atoms with Crippen LogP contribution in [0.2, 0.25) is 5.02 Å². The fraction of sp³-hybridized carbons (Fsp3) is 0.357. The van der Waals surface area contributed by atoms with Crippen molar-refractivity contribution in [3.8, 4) is 11.5 Å². The number of methoxy groups -OCH3 is 2. The number of nitrogens with zero attached hydrogens (tertiary/aromatic N) is 1. The molecule has 9 nitrogen and oxygen atoms in total. The number of carbonyl (C=O) groups excluding carboxylic acids is 2. The normalized spacial score (nSPS) is 19.2. The summed E-state index contributed by atoms with van der Waals surface area (Å²) in [6, 6.07) is 9.59. The topological polar surface area (TPSA) is 117 Å². The van der Waals surface area contributed by atoms with Crippen molar-refractivity contribution in [1.82, 2.24) is 5.32 Å². The maximum absolute atomic E-state index is 13.8. The zero-order valence-electron chi connectivity index (χ0n) is 21.8. The summed E-state index contributed by atoms with van der Waals surface area (Å²) in [4.78, 5) is 38.1. The van der Waals surface area contributed by atoms with Crippen LogP contribution in [0.4, 0.5) is 5.69 Å². The molecule has 2 atom stereocenters. The maximum atomic E-state index is 13.8. The number of ether oxygens (including phenoxy) is 3. The minimum absolute atomic E-state index is 0.160. The number of esters is 1. The van der Waals surface area contributed by atoms with Crippen LogP contribution in [0.25, 0.3) is 0 Å². The Morgan fingerprint density at radius 1 is 1.11 bits per heavy atom. The van der Waals surface area contributed by atoms with Crippen LogP contribution in [-0.2, 0) is 14.3 Å².